The molecule has 0 atom stereocenters. The zero-order valence-corrected chi connectivity index (χ0v) is 13.3. The molecule has 8 heteroatoms. The van der Waals surface area contributed by atoms with E-state index < -0.39 is 12.6 Å². The molecule has 0 bridgehead atoms. The van der Waals surface area contributed by atoms with Crippen molar-refractivity contribution in [1.29, 1.82) is 0 Å². The third-order valence-corrected chi connectivity index (χ3v) is 3.29. The van der Waals surface area contributed by atoms with Gasteiger partial charge in [0.25, 0.3) is 5.91 Å². The van der Waals surface area contributed by atoms with Gasteiger partial charge in [0, 0.05) is 11.4 Å². The van der Waals surface area contributed by atoms with Gasteiger partial charge in [0.2, 0.25) is 0 Å². The van der Waals surface area contributed by atoms with Crippen LogP contribution in [-0.2, 0) is 4.79 Å². The third-order valence-electron chi connectivity index (χ3n) is 2.99. The average Bonchev–Trinajstić information content (AvgIpc) is 2.96. The Bertz CT molecular complexity index is 727. The molecule has 1 aromatic carbocycles. The maximum atomic E-state index is 12.1. The number of carbonyl (C=O) groups is 2. The average molecular weight is 338 g/mol. The Balaban J connectivity index is 2.05. The molecule has 0 aliphatic heterocycles. The summed E-state index contributed by atoms with van der Waals surface area (Å²) in [5, 5.41) is 18.2. The number of aromatic nitrogens is 2. The van der Waals surface area contributed by atoms with Gasteiger partial charge in [-0.05, 0) is 30.2 Å². The minimum absolute atomic E-state index is 0.203. The van der Waals surface area contributed by atoms with Crippen LogP contribution in [0.3, 0.4) is 0 Å². The van der Waals surface area contributed by atoms with Crippen molar-refractivity contribution in [2.75, 3.05) is 11.9 Å². The maximum Gasteiger partial charge on any atom is 0.341 e. The highest BCUT2D eigenvalue weighted by molar-refractivity contribution is 6.32. The topological polar surface area (TPSA) is 104 Å². The van der Waals surface area contributed by atoms with Gasteiger partial charge >= 0.3 is 5.97 Å². The van der Waals surface area contributed by atoms with Crippen molar-refractivity contribution in [2.45, 2.75) is 19.8 Å². The van der Waals surface area contributed by atoms with Crippen molar-refractivity contribution in [2.24, 2.45) is 0 Å². The van der Waals surface area contributed by atoms with Crippen LogP contribution in [0.15, 0.2) is 24.3 Å². The first-order valence-corrected chi connectivity index (χ1v) is 7.25. The smallest absolute Gasteiger partial charge is 0.341 e. The highest BCUT2D eigenvalue weighted by atomic mass is 35.5. The number of rotatable bonds is 6. The Morgan fingerprint density at radius 2 is 2.13 bits per heavy atom. The van der Waals surface area contributed by atoms with Crippen LogP contribution in [0.5, 0.6) is 5.75 Å². The highest BCUT2D eigenvalue weighted by Crippen LogP contribution is 2.28. The first-order valence-electron chi connectivity index (χ1n) is 6.87. The van der Waals surface area contributed by atoms with Gasteiger partial charge in [0.05, 0.1) is 5.02 Å². The Morgan fingerprint density at radius 3 is 2.70 bits per heavy atom. The van der Waals surface area contributed by atoms with Crippen molar-refractivity contribution in [3.63, 3.8) is 0 Å². The number of hydrogen-bond acceptors (Lipinski definition) is 4. The molecule has 7 nitrogen and oxygen atoms in total. The number of anilines is 1. The molecule has 2 rings (SSSR count). The van der Waals surface area contributed by atoms with Crippen LogP contribution in [-0.4, -0.2) is 33.8 Å². The Hall–Kier alpha value is -2.54. The van der Waals surface area contributed by atoms with Crippen molar-refractivity contribution in [1.82, 2.24) is 10.2 Å². The lowest BCUT2D eigenvalue weighted by Gasteiger charge is -2.08. The number of aromatic amines is 1. The monoisotopic (exact) mass is 337 g/mol. The van der Waals surface area contributed by atoms with E-state index >= 15 is 0 Å². The highest BCUT2D eigenvalue weighted by Gasteiger charge is 2.13. The second kappa shape index (κ2) is 7.15. The quantitative estimate of drug-likeness (QED) is 0.751. The van der Waals surface area contributed by atoms with Crippen LogP contribution in [0.4, 0.5) is 5.69 Å². The van der Waals surface area contributed by atoms with E-state index in [0.717, 1.165) is 5.69 Å². The molecule has 23 heavy (non-hydrogen) atoms. The zero-order chi connectivity index (χ0) is 17.0. The zero-order valence-electron chi connectivity index (χ0n) is 12.6. The first-order chi connectivity index (χ1) is 10.9. The number of halogens is 1. The molecular weight excluding hydrogens is 322 g/mol. The van der Waals surface area contributed by atoms with Gasteiger partial charge in [-0.25, -0.2) is 4.79 Å². The number of carbonyl (C=O) groups excluding carboxylic acids is 1. The van der Waals surface area contributed by atoms with E-state index in [1.54, 1.807) is 12.1 Å². The molecule has 1 amide bonds. The van der Waals surface area contributed by atoms with Crippen molar-refractivity contribution in [3.8, 4) is 5.75 Å². The number of H-pyrrole nitrogens is 1. The fourth-order valence-corrected chi connectivity index (χ4v) is 2.01. The van der Waals surface area contributed by atoms with E-state index in [0.29, 0.717) is 5.69 Å². The number of hydrogen-bond donors (Lipinski definition) is 3. The molecule has 1 heterocycles. The van der Waals surface area contributed by atoms with Gasteiger partial charge in [-0.2, -0.15) is 5.10 Å². The van der Waals surface area contributed by atoms with Crippen LogP contribution in [0.25, 0.3) is 0 Å². The summed E-state index contributed by atoms with van der Waals surface area (Å²) in [5.74, 6) is -1.00. The third kappa shape index (κ3) is 4.46. The molecule has 0 aliphatic carbocycles. The summed E-state index contributed by atoms with van der Waals surface area (Å²) in [4.78, 5) is 22.6. The molecule has 1 aromatic heterocycles. The van der Waals surface area contributed by atoms with Gasteiger partial charge in [-0.3, -0.25) is 9.89 Å². The molecule has 122 valence electrons. The lowest BCUT2D eigenvalue weighted by Crippen LogP contribution is -2.13. The number of aliphatic carboxylic acids is 1. The Morgan fingerprint density at radius 1 is 1.39 bits per heavy atom. The van der Waals surface area contributed by atoms with E-state index in [9.17, 15) is 9.59 Å². The Kier molecular flexibility index (Phi) is 5.23. The maximum absolute atomic E-state index is 12.1. The number of nitrogens with one attached hydrogen (secondary N) is 2. The Labute approximate surface area is 137 Å². The molecule has 0 saturated carbocycles. The summed E-state index contributed by atoms with van der Waals surface area (Å²) in [6.45, 7) is 3.49. The van der Waals surface area contributed by atoms with E-state index in [-0.39, 0.29) is 28.3 Å². The molecular formula is C15H16ClN3O4. The van der Waals surface area contributed by atoms with Crippen molar-refractivity contribution < 1.29 is 19.4 Å². The second-order valence-electron chi connectivity index (χ2n) is 5.14. The first kappa shape index (κ1) is 16.8. The SMILES string of the molecule is CC(C)c1cc(C(=O)Nc2ccc(OCC(=O)O)c(Cl)c2)n[nH]1. The summed E-state index contributed by atoms with van der Waals surface area (Å²) < 4.78 is 5.01. The summed E-state index contributed by atoms with van der Waals surface area (Å²) >= 11 is 6.00. The molecule has 0 radical (unpaired) electrons. The lowest BCUT2D eigenvalue weighted by molar-refractivity contribution is -0.139. The summed E-state index contributed by atoms with van der Waals surface area (Å²) in [7, 11) is 0. The fraction of sp³-hybridized carbons (Fsp3) is 0.267. The van der Waals surface area contributed by atoms with Crippen LogP contribution in [0.2, 0.25) is 5.02 Å². The molecule has 0 fully saturated rings. The van der Waals surface area contributed by atoms with Gasteiger partial charge in [0.15, 0.2) is 12.3 Å². The van der Waals surface area contributed by atoms with Crippen LogP contribution >= 0.6 is 11.6 Å². The fourth-order valence-electron chi connectivity index (χ4n) is 1.78. The molecule has 0 saturated heterocycles. The van der Waals surface area contributed by atoms with Crippen LogP contribution in [0.1, 0.15) is 35.9 Å². The number of ether oxygens (including phenoxy) is 1. The predicted molar refractivity (Wildman–Crippen MR) is 85.2 cm³/mol. The standard InChI is InChI=1S/C15H16ClN3O4/c1-8(2)11-6-12(19-18-11)15(22)17-9-3-4-13(10(16)5-9)23-7-14(20)21/h3-6,8H,7H2,1-2H3,(H,17,22)(H,18,19)(H,20,21). The molecule has 2 aromatic rings. The minimum Gasteiger partial charge on any atom is -0.480 e. The molecule has 3 N–H and O–H groups in total. The van der Waals surface area contributed by atoms with E-state index in [2.05, 4.69) is 15.5 Å². The second-order valence-corrected chi connectivity index (χ2v) is 5.55. The normalized spacial score (nSPS) is 10.6. The van der Waals surface area contributed by atoms with Gasteiger partial charge < -0.3 is 15.2 Å². The van der Waals surface area contributed by atoms with E-state index in [4.69, 9.17) is 21.4 Å². The number of nitrogens with zero attached hydrogens (tertiary/aromatic N) is 1. The number of amides is 1. The number of carboxylic acids is 1. The molecule has 0 unspecified atom stereocenters. The summed E-state index contributed by atoms with van der Waals surface area (Å²) in [6.07, 6.45) is 0. The van der Waals surface area contributed by atoms with Gasteiger partial charge in [-0.15, -0.1) is 0 Å². The lowest BCUT2D eigenvalue weighted by atomic mass is 10.1. The van der Waals surface area contributed by atoms with E-state index in [1.807, 2.05) is 13.8 Å². The number of carboxylic acid groups (broad SMARTS) is 1. The molecule has 0 aliphatic rings. The summed E-state index contributed by atoms with van der Waals surface area (Å²) in [5.41, 5.74) is 1.60. The van der Waals surface area contributed by atoms with Crippen LogP contribution < -0.4 is 10.1 Å². The van der Waals surface area contributed by atoms with Crippen LogP contribution in [0, 0.1) is 0 Å². The van der Waals surface area contributed by atoms with E-state index in [1.165, 1.54) is 12.1 Å². The number of benzene rings is 1. The van der Waals surface area contributed by atoms with Gasteiger partial charge in [-0.1, -0.05) is 25.4 Å². The largest absolute Gasteiger partial charge is 0.480 e. The molecule has 0 spiro atoms. The van der Waals surface area contributed by atoms with Crippen molar-refractivity contribution in [3.05, 3.63) is 40.7 Å². The minimum atomic E-state index is -1.10. The van der Waals surface area contributed by atoms with Gasteiger partial charge in [0.1, 0.15) is 5.75 Å². The predicted octanol–water partition coefficient (Wildman–Crippen LogP) is 2.90. The van der Waals surface area contributed by atoms with Crippen molar-refractivity contribution >= 4 is 29.2 Å². The summed E-state index contributed by atoms with van der Waals surface area (Å²) in [6, 6.07) is 6.22.